The quantitative estimate of drug-likeness (QED) is 0.0904. The van der Waals surface area contributed by atoms with Crippen molar-refractivity contribution in [1.82, 2.24) is 4.57 Å². The van der Waals surface area contributed by atoms with E-state index >= 15 is 0 Å². The average Bonchev–Trinajstić information content (AvgIpc) is 4.41. The second kappa shape index (κ2) is 18.0. The van der Waals surface area contributed by atoms with E-state index in [0.29, 0.717) is 34.9 Å². The van der Waals surface area contributed by atoms with Crippen molar-refractivity contribution in [2.45, 2.75) is 32.1 Å². The normalized spacial score (nSPS) is 13.7. The number of fused-ring (bicyclic) bond motifs is 12. The molecule has 0 radical (unpaired) electrons. The Balaban J connectivity index is 0.00000541. The molecule has 0 amide bonds. The van der Waals surface area contributed by atoms with Crippen LogP contribution in [0.1, 0.15) is 48.9 Å². The summed E-state index contributed by atoms with van der Waals surface area (Å²) < 4.78 is 37.8. The third kappa shape index (κ3) is 7.42. The minimum absolute atomic E-state index is 0. The summed E-state index contributed by atoms with van der Waals surface area (Å²) >= 11 is 0. The molecule has 1 aliphatic carbocycles. The molecule has 1 unspecified atom stereocenters. The van der Waals surface area contributed by atoms with Gasteiger partial charge < -0.3 is 27.6 Å². The number of para-hydroxylation sites is 5. The van der Waals surface area contributed by atoms with Gasteiger partial charge in [-0.05, 0) is 69.1 Å². The Labute approximate surface area is 471 Å². The van der Waals surface area contributed by atoms with Gasteiger partial charge >= 0.3 is 21.1 Å². The molecular formula is C70H44BN2O5Pt+. The number of hydrogen-bond acceptors (Lipinski definition) is 5. The van der Waals surface area contributed by atoms with E-state index in [1.807, 2.05) is 66.7 Å². The van der Waals surface area contributed by atoms with Crippen molar-refractivity contribution < 1.29 is 48.7 Å². The summed E-state index contributed by atoms with van der Waals surface area (Å²) in [5, 5.41) is 1.98. The third-order valence-corrected chi connectivity index (χ3v) is 15.8. The molecule has 10 aromatic carbocycles. The van der Waals surface area contributed by atoms with E-state index in [0.717, 1.165) is 99.7 Å². The summed E-state index contributed by atoms with van der Waals surface area (Å²) in [6, 6.07) is 82.1. The van der Waals surface area contributed by atoms with Crippen LogP contribution in [-0.2, 0) is 26.5 Å². The molecule has 0 bridgehead atoms. The molecule has 0 fully saturated rings. The van der Waals surface area contributed by atoms with Crippen LogP contribution in [0.4, 0.5) is 0 Å². The van der Waals surface area contributed by atoms with Crippen molar-refractivity contribution in [2.24, 2.45) is 0 Å². The maximum absolute atomic E-state index is 6.88. The fourth-order valence-corrected chi connectivity index (χ4v) is 12.2. The number of aromatic nitrogens is 2. The molecule has 3 aromatic heterocycles. The van der Waals surface area contributed by atoms with Crippen molar-refractivity contribution in [3.8, 4) is 79.6 Å². The summed E-state index contributed by atoms with van der Waals surface area (Å²) in [5.74, 6) is 3.37. The molecule has 0 saturated carbocycles. The molecule has 3 aliphatic rings. The van der Waals surface area contributed by atoms with E-state index in [1.165, 1.54) is 16.7 Å². The first kappa shape index (κ1) is 47.1. The zero-order valence-corrected chi connectivity index (χ0v) is 45.3. The molecule has 7 nitrogen and oxygen atoms in total. The Hall–Kier alpha value is -9.10. The minimum atomic E-state index is -0.264. The van der Waals surface area contributed by atoms with Gasteiger partial charge in [0.15, 0.2) is 0 Å². The van der Waals surface area contributed by atoms with Gasteiger partial charge in [-0.1, -0.05) is 160 Å². The first-order valence-corrected chi connectivity index (χ1v) is 26.4. The molecule has 0 saturated heterocycles. The standard InChI is InChI=1S/C70H44BN2O5.Pt/c1-70(2,3)45-21-15-20-43(36-45)63-53-25-8-7-24-51(53)52-35-34-48(40-56(52)63)74-47-23-16-22-46(39-47)72-41-73(58-31-12-11-30-57(58)72)67-49(42-18-5-4-6-19-42)28-17-29-50(67)44-37-61-66-62(38-44)78-69-65(55-27-10-14-33-60(55)76-69)71(66)64-54-26-9-13-32-59(54)75-68(64)77-61;/h4-19,21-38,63H,1-3H3;/q-3;+4. The summed E-state index contributed by atoms with van der Waals surface area (Å²) in [5.41, 5.74) is 18.9. The van der Waals surface area contributed by atoms with Crippen LogP contribution < -0.4 is 35.2 Å². The smallest absolute Gasteiger partial charge is 0.510 e. The zero-order chi connectivity index (χ0) is 51.8. The van der Waals surface area contributed by atoms with Crippen molar-refractivity contribution in [1.29, 1.82) is 0 Å². The molecule has 13 aromatic rings. The number of hydrogen-bond donors (Lipinski definition) is 0. The summed E-state index contributed by atoms with van der Waals surface area (Å²) in [7, 11) is 0. The van der Waals surface area contributed by atoms with E-state index in [9.17, 15) is 0 Å². The molecule has 0 N–H and O–H groups in total. The van der Waals surface area contributed by atoms with Crippen molar-refractivity contribution in [2.75, 3.05) is 0 Å². The minimum Gasteiger partial charge on any atom is -0.510 e. The molecular weight excluding hydrogens is 1150 g/mol. The predicted octanol–water partition coefficient (Wildman–Crippen LogP) is 14.9. The largest absolute Gasteiger partial charge is 4.00 e. The van der Waals surface area contributed by atoms with Gasteiger partial charge in [0, 0.05) is 38.7 Å². The predicted molar refractivity (Wildman–Crippen MR) is 306 cm³/mol. The topological polar surface area (TPSA) is 62.8 Å². The molecule has 9 heteroatoms. The van der Waals surface area contributed by atoms with E-state index in [1.54, 1.807) is 0 Å². The third-order valence-electron chi connectivity index (χ3n) is 15.8. The number of benzene rings is 10. The van der Waals surface area contributed by atoms with Crippen LogP contribution in [-0.4, -0.2) is 11.3 Å². The maximum Gasteiger partial charge on any atom is 4.00 e. The Morgan fingerprint density at radius 2 is 1.19 bits per heavy atom. The monoisotopic (exact) mass is 1200 g/mol. The Morgan fingerprint density at radius 3 is 1.94 bits per heavy atom. The fraction of sp³-hybridized carbons (Fsp3) is 0.0714. The van der Waals surface area contributed by atoms with Crippen LogP contribution in [0.5, 0.6) is 34.9 Å². The van der Waals surface area contributed by atoms with E-state index in [4.69, 9.17) is 23.0 Å². The van der Waals surface area contributed by atoms with Crippen molar-refractivity contribution in [3.63, 3.8) is 0 Å². The average molecular weight is 1200 g/mol. The van der Waals surface area contributed by atoms with Crippen LogP contribution in [0.15, 0.2) is 215 Å². The first-order chi connectivity index (χ1) is 38.3. The summed E-state index contributed by atoms with van der Waals surface area (Å²) in [4.78, 5) is 0. The Kier molecular flexibility index (Phi) is 10.7. The van der Waals surface area contributed by atoms with Gasteiger partial charge in [-0.25, -0.2) is 0 Å². The summed E-state index contributed by atoms with van der Waals surface area (Å²) in [6.07, 6.45) is 3.82. The van der Waals surface area contributed by atoms with Crippen LogP contribution in [0.3, 0.4) is 0 Å². The molecule has 376 valence electrons. The van der Waals surface area contributed by atoms with Crippen molar-refractivity contribution >= 4 is 56.1 Å². The number of furan rings is 2. The number of imidazole rings is 1. The van der Waals surface area contributed by atoms with Crippen LogP contribution >= 0.6 is 0 Å². The maximum atomic E-state index is 6.88. The SMILES string of the molecule is CC(C)(C)c1cc[c-]c(C2c3[c-]c(Oc4[c-]c(-n5[c-][n+](-c6c(-c7ccccc7)cccc6-c6cc7c8c(c6)Oc6oc9ccccc9c6B8c6c(oc8ccccc68)O7)c6ccccc65)ccc4)ccc3-c3ccccc32)c1.[Pt+4]. The second-order valence-corrected chi connectivity index (χ2v) is 21.4. The Morgan fingerprint density at radius 1 is 0.557 bits per heavy atom. The van der Waals surface area contributed by atoms with E-state index in [-0.39, 0.29) is 39.1 Å². The second-order valence-electron chi connectivity index (χ2n) is 21.4. The number of nitrogens with zero attached hydrogens (tertiary/aromatic N) is 2. The van der Waals surface area contributed by atoms with Gasteiger partial charge in [-0.3, -0.25) is 4.57 Å². The van der Waals surface area contributed by atoms with Crippen LogP contribution in [0, 0.1) is 24.5 Å². The molecule has 0 spiro atoms. The molecule has 79 heavy (non-hydrogen) atoms. The van der Waals surface area contributed by atoms with Gasteiger partial charge in [0.05, 0.1) is 16.7 Å². The van der Waals surface area contributed by atoms with E-state index in [2.05, 4.69) is 194 Å². The van der Waals surface area contributed by atoms with E-state index < -0.39 is 0 Å². The van der Waals surface area contributed by atoms with Crippen molar-refractivity contribution in [3.05, 3.63) is 253 Å². The molecule has 5 heterocycles. The molecule has 2 aliphatic heterocycles. The van der Waals surface area contributed by atoms with Gasteiger partial charge in [-0.2, -0.15) is 53.6 Å². The summed E-state index contributed by atoms with van der Waals surface area (Å²) in [6.45, 7) is 6.49. The molecule has 1 atom stereocenters. The van der Waals surface area contributed by atoms with Gasteiger partial charge in [0.2, 0.25) is 0 Å². The first-order valence-electron chi connectivity index (χ1n) is 26.4. The zero-order valence-electron chi connectivity index (χ0n) is 43.0. The Bertz CT molecular complexity index is 4520. The van der Waals surface area contributed by atoms with Gasteiger partial charge in [0.25, 0.3) is 24.9 Å². The number of rotatable bonds is 7. The fourth-order valence-electron chi connectivity index (χ4n) is 12.2. The van der Waals surface area contributed by atoms with Crippen LogP contribution in [0.25, 0.3) is 77.7 Å². The van der Waals surface area contributed by atoms with Gasteiger partial charge in [-0.15, -0.1) is 35.4 Å². The van der Waals surface area contributed by atoms with Crippen LogP contribution in [0.2, 0.25) is 0 Å². The van der Waals surface area contributed by atoms with Gasteiger partial charge in [0.1, 0.15) is 22.7 Å². The molecule has 16 rings (SSSR count). The number of ether oxygens (including phenoxy) is 3.